The molecule has 8 heteroatoms. The highest BCUT2D eigenvalue weighted by molar-refractivity contribution is 6.04. The van der Waals surface area contributed by atoms with Crippen molar-refractivity contribution >= 4 is 17.5 Å². The minimum Gasteiger partial charge on any atom is -0.457 e. The van der Waals surface area contributed by atoms with Crippen LogP contribution in [0.25, 0.3) is 0 Å². The van der Waals surface area contributed by atoms with E-state index in [0.717, 1.165) is 12.1 Å². The summed E-state index contributed by atoms with van der Waals surface area (Å²) in [4.78, 5) is 38.5. The molecule has 1 aromatic carbocycles. The lowest BCUT2D eigenvalue weighted by Crippen LogP contribution is -2.17. The first-order valence-electron chi connectivity index (χ1n) is 8.05. The number of ether oxygens (including phenoxy) is 1. The molecule has 0 aliphatic rings. The summed E-state index contributed by atoms with van der Waals surface area (Å²) in [5, 5.41) is 0. The number of halogens is 3. The van der Waals surface area contributed by atoms with Crippen molar-refractivity contribution in [1.82, 2.24) is 4.98 Å². The molecule has 1 heterocycles. The zero-order valence-corrected chi connectivity index (χ0v) is 15.0. The van der Waals surface area contributed by atoms with Gasteiger partial charge in [-0.25, -0.2) is 0 Å². The maximum Gasteiger partial charge on any atom is 0.416 e. The highest BCUT2D eigenvalue weighted by atomic mass is 19.4. The van der Waals surface area contributed by atoms with Crippen molar-refractivity contribution in [3.05, 3.63) is 57.9 Å². The summed E-state index contributed by atoms with van der Waals surface area (Å²) in [6.07, 6.45) is -4.90. The van der Waals surface area contributed by atoms with Gasteiger partial charge in [-0.3, -0.25) is 14.4 Å². The van der Waals surface area contributed by atoms with E-state index in [1.54, 1.807) is 13.8 Å². The molecule has 0 spiro atoms. The fourth-order valence-corrected chi connectivity index (χ4v) is 2.85. The lowest BCUT2D eigenvalue weighted by molar-refractivity contribution is -0.142. The second-order valence-corrected chi connectivity index (χ2v) is 6.14. The Labute approximate surface area is 153 Å². The highest BCUT2D eigenvalue weighted by Gasteiger charge is 2.30. The SMILES string of the molecule is CC(=O)c1c(C)[nH]c(C(=O)COC(=O)Cc2cccc(C(F)(F)F)c2)c1C. The minimum atomic E-state index is -4.51. The van der Waals surface area contributed by atoms with Crippen molar-refractivity contribution < 1.29 is 32.3 Å². The molecule has 0 atom stereocenters. The quantitative estimate of drug-likeness (QED) is 0.610. The number of hydrogen-bond acceptors (Lipinski definition) is 4. The summed E-state index contributed by atoms with van der Waals surface area (Å²) in [7, 11) is 0. The monoisotopic (exact) mass is 381 g/mol. The number of Topliss-reactive ketones (excluding diaryl/α,β-unsaturated/α-hetero) is 2. The Morgan fingerprint density at radius 3 is 2.37 bits per heavy atom. The zero-order chi connectivity index (χ0) is 20.4. The predicted octanol–water partition coefficient (Wildman–Crippen LogP) is 3.82. The molecule has 0 saturated heterocycles. The van der Waals surface area contributed by atoms with E-state index in [9.17, 15) is 27.6 Å². The average molecular weight is 381 g/mol. The Balaban J connectivity index is 2.01. The van der Waals surface area contributed by atoms with Gasteiger partial charge >= 0.3 is 12.1 Å². The number of rotatable bonds is 6. The summed E-state index contributed by atoms with van der Waals surface area (Å²) < 4.78 is 42.9. The number of ketones is 2. The van der Waals surface area contributed by atoms with E-state index in [4.69, 9.17) is 4.74 Å². The maximum atomic E-state index is 12.7. The number of aromatic amines is 1. The molecule has 0 saturated carbocycles. The largest absolute Gasteiger partial charge is 0.457 e. The zero-order valence-electron chi connectivity index (χ0n) is 15.0. The van der Waals surface area contributed by atoms with Gasteiger partial charge in [-0.2, -0.15) is 13.2 Å². The number of H-pyrrole nitrogens is 1. The Hall–Kier alpha value is -2.90. The maximum absolute atomic E-state index is 12.7. The standard InChI is InChI=1S/C19H18F3NO4/c1-10-17(12(3)24)11(2)23-18(10)15(25)9-27-16(26)8-13-5-4-6-14(7-13)19(20,21)22/h4-7,23H,8-9H2,1-3H3. The fourth-order valence-electron chi connectivity index (χ4n) is 2.85. The van der Waals surface area contributed by atoms with Gasteiger partial charge in [0.15, 0.2) is 12.4 Å². The Bertz CT molecular complexity index is 897. The fraction of sp³-hybridized carbons (Fsp3) is 0.316. The lowest BCUT2D eigenvalue weighted by atomic mass is 10.1. The van der Waals surface area contributed by atoms with Crippen LogP contribution in [0.3, 0.4) is 0 Å². The van der Waals surface area contributed by atoms with Crippen molar-refractivity contribution in [1.29, 1.82) is 0 Å². The van der Waals surface area contributed by atoms with Gasteiger partial charge in [0.05, 0.1) is 17.7 Å². The van der Waals surface area contributed by atoms with Crippen LogP contribution in [0.2, 0.25) is 0 Å². The topological polar surface area (TPSA) is 76.2 Å². The van der Waals surface area contributed by atoms with Gasteiger partial charge in [-0.05, 0) is 38.0 Å². The molecule has 27 heavy (non-hydrogen) atoms. The van der Waals surface area contributed by atoms with Crippen LogP contribution in [-0.4, -0.2) is 29.1 Å². The van der Waals surface area contributed by atoms with E-state index >= 15 is 0 Å². The number of aryl methyl sites for hydroxylation is 1. The van der Waals surface area contributed by atoms with Crippen molar-refractivity contribution in [2.75, 3.05) is 6.61 Å². The van der Waals surface area contributed by atoms with Crippen LogP contribution in [0.5, 0.6) is 0 Å². The first-order chi connectivity index (χ1) is 12.5. The molecule has 0 unspecified atom stereocenters. The van der Waals surface area contributed by atoms with E-state index in [0.29, 0.717) is 16.8 Å². The van der Waals surface area contributed by atoms with Gasteiger partial charge in [0.1, 0.15) is 0 Å². The van der Waals surface area contributed by atoms with Gasteiger partial charge < -0.3 is 9.72 Å². The molecule has 0 bridgehead atoms. The number of alkyl halides is 3. The average Bonchev–Trinajstić information content (AvgIpc) is 2.87. The number of nitrogens with one attached hydrogen (secondary N) is 1. The Morgan fingerprint density at radius 2 is 1.81 bits per heavy atom. The van der Waals surface area contributed by atoms with Crippen molar-refractivity contribution in [3.63, 3.8) is 0 Å². The molecule has 2 aromatic rings. The van der Waals surface area contributed by atoms with Crippen LogP contribution in [-0.2, 0) is 22.1 Å². The molecule has 1 N–H and O–H groups in total. The molecule has 5 nitrogen and oxygen atoms in total. The Morgan fingerprint density at radius 1 is 1.15 bits per heavy atom. The number of esters is 1. The molecule has 2 rings (SSSR count). The summed E-state index contributed by atoms with van der Waals surface area (Å²) in [5.74, 6) is -1.54. The third kappa shape index (κ3) is 4.84. The molecule has 0 amide bonds. The number of benzene rings is 1. The molecular formula is C19H18F3NO4. The predicted molar refractivity (Wildman–Crippen MR) is 90.7 cm³/mol. The molecule has 0 fully saturated rings. The summed E-state index contributed by atoms with van der Waals surface area (Å²) in [6, 6.07) is 4.34. The van der Waals surface area contributed by atoms with E-state index in [-0.39, 0.29) is 17.0 Å². The number of carbonyl (C=O) groups excluding carboxylic acids is 3. The van der Waals surface area contributed by atoms with Gasteiger partial charge in [0.2, 0.25) is 5.78 Å². The molecular weight excluding hydrogens is 363 g/mol. The van der Waals surface area contributed by atoms with Gasteiger partial charge in [0, 0.05) is 11.3 Å². The van der Waals surface area contributed by atoms with Crippen LogP contribution in [0, 0.1) is 13.8 Å². The number of hydrogen-bond donors (Lipinski definition) is 1. The van der Waals surface area contributed by atoms with Crippen LogP contribution in [0.4, 0.5) is 13.2 Å². The molecule has 0 aliphatic heterocycles. The summed E-state index contributed by atoms with van der Waals surface area (Å²) >= 11 is 0. The minimum absolute atomic E-state index is 0.132. The third-order valence-corrected chi connectivity index (χ3v) is 4.04. The molecule has 0 radical (unpaired) electrons. The van der Waals surface area contributed by atoms with Crippen LogP contribution in [0.1, 0.15) is 50.2 Å². The second kappa shape index (κ2) is 7.77. The van der Waals surface area contributed by atoms with E-state index in [1.165, 1.54) is 19.1 Å². The van der Waals surface area contributed by atoms with E-state index < -0.39 is 36.5 Å². The van der Waals surface area contributed by atoms with Crippen LogP contribution < -0.4 is 0 Å². The number of carbonyl (C=O) groups is 3. The summed E-state index contributed by atoms with van der Waals surface area (Å²) in [6.45, 7) is 4.07. The Kier molecular flexibility index (Phi) is 5.88. The molecule has 144 valence electrons. The second-order valence-electron chi connectivity index (χ2n) is 6.14. The lowest BCUT2D eigenvalue weighted by Gasteiger charge is -2.09. The van der Waals surface area contributed by atoms with Gasteiger partial charge in [-0.1, -0.05) is 18.2 Å². The molecule has 1 aromatic heterocycles. The first-order valence-corrected chi connectivity index (χ1v) is 8.05. The summed E-state index contributed by atoms with van der Waals surface area (Å²) in [5.41, 5.74) is 0.863. The smallest absolute Gasteiger partial charge is 0.416 e. The van der Waals surface area contributed by atoms with Crippen molar-refractivity contribution in [2.45, 2.75) is 33.4 Å². The highest BCUT2D eigenvalue weighted by Crippen LogP contribution is 2.29. The van der Waals surface area contributed by atoms with Crippen molar-refractivity contribution in [2.24, 2.45) is 0 Å². The number of aromatic nitrogens is 1. The van der Waals surface area contributed by atoms with Crippen molar-refractivity contribution in [3.8, 4) is 0 Å². The van der Waals surface area contributed by atoms with Crippen LogP contribution in [0.15, 0.2) is 24.3 Å². The van der Waals surface area contributed by atoms with Gasteiger partial charge in [-0.15, -0.1) is 0 Å². The third-order valence-electron chi connectivity index (χ3n) is 4.04. The first kappa shape index (κ1) is 20.4. The van der Waals surface area contributed by atoms with Crippen LogP contribution >= 0.6 is 0 Å². The van der Waals surface area contributed by atoms with E-state index in [1.807, 2.05) is 0 Å². The normalized spacial score (nSPS) is 11.3. The molecule has 0 aliphatic carbocycles. The van der Waals surface area contributed by atoms with E-state index in [2.05, 4.69) is 4.98 Å². The van der Waals surface area contributed by atoms with Gasteiger partial charge in [0.25, 0.3) is 0 Å².